The minimum absolute atomic E-state index is 0.00422. The number of nitrogens with one attached hydrogen (secondary N) is 2. The van der Waals surface area contributed by atoms with Gasteiger partial charge in [-0.2, -0.15) is 13.2 Å². The first kappa shape index (κ1) is 26.1. The molecular weight excluding hydrogens is 498 g/mol. The number of alkyl halides is 3. The molecule has 0 spiro atoms. The number of hydrogen-bond donors (Lipinski definition) is 2. The van der Waals surface area contributed by atoms with Gasteiger partial charge in [0.1, 0.15) is 24.3 Å². The van der Waals surface area contributed by atoms with E-state index in [0.717, 1.165) is 28.6 Å². The molecule has 1 aliphatic rings. The van der Waals surface area contributed by atoms with Gasteiger partial charge in [-0.05, 0) is 42.5 Å². The summed E-state index contributed by atoms with van der Waals surface area (Å²) in [5, 5.41) is 4.78. The first-order valence-electron chi connectivity index (χ1n) is 10.2. The number of hydrogen-bond acceptors (Lipinski definition) is 6. The van der Waals surface area contributed by atoms with E-state index in [1.807, 2.05) is 0 Å². The van der Waals surface area contributed by atoms with Gasteiger partial charge in [-0.1, -0.05) is 0 Å². The van der Waals surface area contributed by atoms with Crippen LogP contribution in [0.2, 0.25) is 0 Å². The maximum absolute atomic E-state index is 13.4. The molecule has 0 fully saturated rings. The molecule has 2 aromatic rings. The van der Waals surface area contributed by atoms with Crippen LogP contribution in [0.5, 0.6) is 5.75 Å². The van der Waals surface area contributed by atoms with Crippen molar-refractivity contribution < 1.29 is 45.0 Å². The molecule has 2 amide bonds. The molecule has 0 bridgehead atoms. The number of carbonyl (C=O) groups excluding carboxylic acids is 2. The molecule has 1 aliphatic heterocycles. The number of fused-ring (bicyclic) bond motifs is 1. The Hall–Kier alpha value is -3.55. The van der Waals surface area contributed by atoms with Gasteiger partial charge in [-0.15, -0.1) is 0 Å². The van der Waals surface area contributed by atoms with Crippen LogP contribution in [-0.2, 0) is 19.6 Å². The third kappa shape index (κ3) is 6.97. The Morgan fingerprint density at radius 2 is 1.86 bits per heavy atom. The van der Waals surface area contributed by atoms with Gasteiger partial charge >= 0.3 is 12.3 Å². The van der Waals surface area contributed by atoms with E-state index in [1.54, 1.807) is 0 Å². The smallest absolute Gasteiger partial charge is 0.411 e. The molecule has 9 nitrogen and oxygen atoms in total. The molecule has 190 valence electrons. The highest BCUT2D eigenvalue weighted by Crippen LogP contribution is 2.39. The number of nitrogens with zero attached hydrogens (tertiary/aromatic N) is 1. The molecule has 0 saturated heterocycles. The molecule has 0 radical (unpaired) electrons. The van der Waals surface area contributed by atoms with Crippen LogP contribution in [0.4, 0.5) is 33.7 Å². The summed E-state index contributed by atoms with van der Waals surface area (Å²) < 4.78 is 88.0. The number of ether oxygens (including phenoxy) is 2. The number of rotatable bonds is 7. The van der Waals surface area contributed by atoms with E-state index in [4.69, 9.17) is 4.74 Å². The number of anilines is 2. The third-order valence-corrected chi connectivity index (χ3v) is 6.53. The highest BCUT2D eigenvalue weighted by atomic mass is 32.2. The van der Waals surface area contributed by atoms with Gasteiger partial charge in [-0.3, -0.25) is 14.4 Å². The van der Waals surface area contributed by atoms with E-state index in [1.165, 1.54) is 25.1 Å². The lowest BCUT2D eigenvalue weighted by atomic mass is 10.2. The van der Waals surface area contributed by atoms with Crippen LogP contribution >= 0.6 is 0 Å². The van der Waals surface area contributed by atoms with Crippen LogP contribution in [0.3, 0.4) is 0 Å². The van der Waals surface area contributed by atoms with Crippen molar-refractivity contribution in [3.8, 4) is 5.75 Å². The molecule has 0 aliphatic carbocycles. The quantitative estimate of drug-likeness (QED) is 0.542. The fourth-order valence-electron chi connectivity index (χ4n) is 3.13. The molecule has 1 heterocycles. The third-order valence-electron chi connectivity index (χ3n) is 4.74. The van der Waals surface area contributed by atoms with Crippen molar-refractivity contribution in [2.24, 2.45) is 0 Å². The lowest BCUT2D eigenvalue weighted by molar-refractivity contribution is -0.140. The molecule has 35 heavy (non-hydrogen) atoms. The van der Waals surface area contributed by atoms with Crippen molar-refractivity contribution in [1.82, 2.24) is 5.32 Å². The molecule has 2 N–H and O–H groups in total. The lowest BCUT2D eigenvalue weighted by Crippen LogP contribution is -2.48. The Bertz CT molecular complexity index is 1190. The zero-order chi connectivity index (χ0) is 25.8. The van der Waals surface area contributed by atoms with Gasteiger partial charge in [0.25, 0.3) is 10.0 Å². The molecule has 1 atom stereocenters. The first-order chi connectivity index (χ1) is 16.3. The fraction of sp³-hybridized carbons (Fsp3) is 0.333. The van der Waals surface area contributed by atoms with Crippen molar-refractivity contribution in [2.75, 3.05) is 29.3 Å². The summed E-state index contributed by atoms with van der Waals surface area (Å²) in [6.45, 7) is 0.164. The fourth-order valence-corrected chi connectivity index (χ4v) is 4.63. The van der Waals surface area contributed by atoms with Crippen molar-refractivity contribution in [2.45, 2.75) is 30.5 Å². The van der Waals surface area contributed by atoms with Crippen molar-refractivity contribution >= 4 is 33.4 Å². The first-order valence-corrected chi connectivity index (χ1v) is 11.6. The zero-order valence-corrected chi connectivity index (χ0v) is 19.1. The number of carbonyl (C=O) groups is 2. The molecule has 14 heteroatoms. The average Bonchev–Trinajstić information content (AvgIpc) is 2.76. The normalized spacial score (nSPS) is 15.6. The van der Waals surface area contributed by atoms with E-state index in [9.17, 15) is 35.6 Å². The SMILES string of the molecule is CC(=O)NCC1CN(S(=O)(=O)c2ccc(F)cc2)c2cc(NC(=O)OCCC(F)(F)F)ccc2O1. The summed E-state index contributed by atoms with van der Waals surface area (Å²) in [5.41, 5.74) is 0.0467. The van der Waals surface area contributed by atoms with E-state index < -0.39 is 47.2 Å². The highest BCUT2D eigenvalue weighted by molar-refractivity contribution is 7.92. The van der Waals surface area contributed by atoms with Gasteiger partial charge in [0.05, 0.1) is 30.1 Å². The Labute approximate surface area is 198 Å². The molecule has 1 unspecified atom stereocenters. The highest BCUT2D eigenvalue weighted by Gasteiger charge is 2.35. The number of benzene rings is 2. The molecule has 3 rings (SSSR count). The standard InChI is InChI=1S/C21H21F4N3O6S/c1-13(29)26-11-16-12-28(35(31,32)17-5-2-14(22)3-6-17)18-10-15(4-7-19(18)34-16)27-20(30)33-9-8-21(23,24)25/h2-7,10,16H,8-9,11-12H2,1H3,(H,26,29)(H,27,30). The second kappa shape index (κ2) is 10.4. The van der Waals surface area contributed by atoms with Crippen LogP contribution in [0.1, 0.15) is 13.3 Å². The Balaban J connectivity index is 1.88. The topological polar surface area (TPSA) is 114 Å². The van der Waals surface area contributed by atoms with E-state index in [-0.39, 0.29) is 41.0 Å². The van der Waals surface area contributed by atoms with E-state index in [2.05, 4.69) is 15.4 Å². The van der Waals surface area contributed by atoms with Crippen LogP contribution in [-0.4, -0.2) is 52.4 Å². The largest absolute Gasteiger partial charge is 0.484 e. The Kier molecular flexibility index (Phi) is 7.73. The maximum Gasteiger partial charge on any atom is 0.411 e. The predicted molar refractivity (Wildman–Crippen MR) is 116 cm³/mol. The monoisotopic (exact) mass is 519 g/mol. The molecular formula is C21H21F4N3O6S. The van der Waals surface area contributed by atoms with Gasteiger partial charge in [0, 0.05) is 12.6 Å². The number of halogens is 4. The Morgan fingerprint density at radius 3 is 2.49 bits per heavy atom. The average molecular weight is 519 g/mol. The van der Waals surface area contributed by atoms with Crippen molar-refractivity contribution in [3.63, 3.8) is 0 Å². The van der Waals surface area contributed by atoms with Crippen molar-refractivity contribution in [3.05, 3.63) is 48.3 Å². The van der Waals surface area contributed by atoms with Crippen molar-refractivity contribution in [1.29, 1.82) is 0 Å². The zero-order valence-electron chi connectivity index (χ0n) is 18.3. The van der Waals surface area contributed by atoms with Crippen LogP contribution < -0.4 is 19.7 Å². The predicted octanol–water partition coefficient (Wildman–Crippen LogP) is 3.42. The van der Waals surface area contributed by atoms with Crippen LogP contribution in [0.25, 0.3) is 0 Å². The van der Waals surface area contributed by atoms with Gasteiger partial charge in [-0.25, -0.2) is 17.6 Å². The van der Waals surface area contributed by atoms with Crippen LogP contribution in [0.15, 0.2) is 47.4 Å². The van der Waals surface area contributed by atoms with Gasteiger partial charge in [0.2, 0.25) is 5.91 Å². The summed E-state index contributed by atoms with van der Waals surface area (Å²) in [5.74, 6) is -0.880. The number of sulfonamides is 1. The Morgan fingerprint density at radius 1 is 1.17 bits per heavy atom. The lowest BCUT2D eigenvalue weighted by Gasteiger charge is -2.35. The summed E-state index contributed by atoms with van der Waals surface area (Å²) in [6.07, 6.45) is -7.75. The minimum Gasteiger partial charge on any atom is -0.484 e. The molecule has 0 saturated carbocycles. The van der Waals surface area contributed by atoms with Gasteiger partial charge in [0.15, 0.2) is 0 Å². The van der Waals surface area contributed by atoms with E-state index in [0.29, 0.717) is 0 Å². The van der Waals surface area contributed by atoms with Crippen LogP contribution in [0, 0.1) is 5.82 Å². The molecule has 2 aromatic carbocycles. The molecule has 0 aromatic heterocycles. The summed E-state index contributed by atoms with van der Waals surface area (Å²) >= 11 is 0. The summed E-state index contributed by atoms with van der Waals surface area (Å²) in [7, 11) is -4.23. The summed E-state index contributed by atoms with van der Waals surface area (Å²) in [4.78, 5) is 22.9. The van der Waals surface area contributed by atoms with E-state index >= 15 is 0 Å². The number of amides is 2. The maximum atomic E-state index is 13.4. The summed E-state index contributed by atoms with van der Waals surface area (Å²) in [6, 6.07) is 8.08. The van der Waals surface area contributed by atoms with Gasteiger partial charge < -0.3 is 14.8 Å². The second-order valence-electron chi connectivity index (χ2n) is 7.48. The minimum atomic E-state index is -4.49. The second-order valence-corrected chi connectivity index (χ2v) is 9.34.